The first-order valence-electron chi connectivity index (χ1n) is 9.62. The van der Waals surface area contributed by atoms with Crippen LogP contribution in [0, 0.1) is 13.8 Å². The molecule has 0 atom stereocenters. The second-order valence-electron chi connectivity index (χ2n) is 6.84. The molecule has 0 fully saturated rings. The van der Waals surface area contributed by atoms with E-state index in [4.69, 9.17) is 4.74 Å². The molecule has 6 nitrogen and oxygen atoms in total. The van der Waals surface area contributed by atoms with Gasteiger partial charge < -0.3 is 15.4 Å². The van der Waals surface area contributed by atoms with Gasteiger partial charge in [0.2, 0.25) is 5.95 Å². The molecule has 29 heavy (non-hydrogen) atoms. The third-order valence-corrected chi connectivity index (χ3v) is 4.68. The predicted molar refractivity (Wildman–Crippen MR) is 116 cm³/mol. The Morgan fingerprint density at radius 2 is 1.83 bits per heavy atom. The van der Waals surface area contributed by atoms with Gasteiger partial charge in [0.15, 0.2) is 0 Å². The topological polar surface area (TPSA) is 76.1 Å². The Kier molecular flexibility index (Phi) is 6.44. The van der Waals surface area contributed by atoms with E-state index in [1.54, 1.807) is 13.2 Å². The van der Waals surface area contributed by atoms with Crippen molar-refractivity contribution in [3.63, 3.8) is 0 Å². The summed E-state index contributed by atoms with van der Waals surface area (Å²) >= 11 is 0. The lowest BCUT2D eigenvalue weighted by Crippen LogP contribution is -2.17. The van der Waals surface area contributed by atoms with Gasteiger partial charge in [-0.05, 0) is 55.2 Å². The fraction of sp³-hybridized carbons (Fsp3) is 0.261. The first kappa shape index (κ1) is 20.3. The van der Waals surface area contributed by atoms with Crippen molar-refractivity contribution in [3.8, 4) is 5.75 Å². The normalized spacial score (nSPS) is 10.5. The summed E-state index contributed by atoms with van der Waals surface area (Å²) in [7, 11) is 1.64. The van der Waals surface area contributed by atoms with E-state index in [0.717, 1.165) is 40.2 Å². The van der Waals surface area contributed by atoms with E-state index in [2.05, 4.69) is 27.5 Å². The van der Waals surface area contributed by atoms with Crippen LogP contribution in [0.15, 0.2) is 48.5 Å². The summed E-state index contributed by atoms with van der Waals surface area (Å²) in [5.41, 5.74) is 5.10. The van der Waals surface area contributed by atoms with Gasteiger partial charge in [0, 0.05) is 17.9 Å². The first-order valence-corrected chi connectivity index (χ1v) is 9.62. The van der Waals surface area contributed by atoms with Crippen LogP contribution in [0.2, 0.25) is 0 Å². The number of carbonyl (C=O) groups is 1. The van der Waals surface area contributed by atoms with Crippen molar-refractivity contribution in [1.29, 1.82) is 0 Å². The Bertz CT molecular complexity index is 1000. The lowest BCUT2D eigenvalue weighted by molar-refractivity contribution is 0.102. The highest BCUT2D eigenvalue weighted by atomic mass is 16.5. The molecule has 1 amide bonds. The Balaban J connectivity index is 1.75. The molecule has 2 N–H and O–H groups in total. The maximum Gasteiger partial charge on any atom is 0.274 e. The predicted octanol–water partition coefficient (Wildman–Crippen LogP) is 4.53. The largest absolute Gasteiger partial charge is 0.497 e. The van der Waals surface area contributed by atoms with Gasteiger partial charge in [-0.25, -0.2) is 9.97 Å². The van der Waals surface area contributed by atoms with E-state index in [1.807, 2.05) is 56.3 Å². The number of ether oxygens (including phenoxy) is 1. The highest BCUT2D eigenvalue weighted by Gasteiger charge is 2.14. The van der Waals surface area contributed by atoms with Crippen LogP contribution in [0.25, 0.3) is 0 Å². The molecule has 150 valence electrons. The van der Waals surface area contributed by atoms with Crippen LogP contribution in [0.4, 0.5) is 11.6 Å². The standard InChI is InChI=1S/C23H26N4O2/c1-5-18-8-6-7-15(2)21(18)27-22(28)20-13-16(3)25-23(26-20)24-14-17-9-11-19(29-4)12-10-17/h6-13H,5,14H2,1-4H3,(H,27,28)(H,24,25,26). The number of hydrogen-bond acceptors (Lipinski definition) is 5. The van der Waals surface area contributed by atoms with Crippen molar-refractivity contribution in [2.75, 3.05) is 17.7 Å². The monoisotopic (exact) mass is 390 g/mol. The minimum absolute atomic E-state index is 0.244. The summed E-state index contributed by atoms with van der Waals surface area (Å²) < 4.78 is 5.17. The van der Waals surface area contributed by atoms with Crippen molar-refractivity contribution < 1.29 is 9.53 Å². The van der Waals surface area contributed by atoms with Crippen LogP contribution in [0.3, 0.4) is 0 Å². The van der Waals surface area contributed by atoms with E-state index in [0.29, 0.717) is 18.2 Å². The first-order chi connectivity index (χ1) is 14.0. The van der Waals surface area contributed by atoms with Gasteiger partial charge in [0.1, 0.15) is 11.4 Å². The molecule has 0 radical (unpaired) electrons. The van der Waals surface area contributed by atoms with Crippen molar-refractivity contribution >= 4 is 17.5 Å². The molecule has 1 heterocycles. The minimum Gasteiger partial charge on any atom is -0.497 e. The zero-order chi connectivity index (χ0) is 20.8. The molecule has 3 aromatic rings. The summed E-state index contributed by atoms with van der Waals surface area (Å²) in [5.74, 6) is 0.987. The number of nitrogens with zero attached hydrogens (tertiary/aromatic N) is 2. The molecule has 0 bridgehead atoms. The van der Waals surface area contributed by atoms with Crippen molar-refractivity contribution in [2.45, 2.75) is 33.7 Å². The van der Waals surface area contributed by atoms with Gasteiger partial charge in [-0.15, -0.1) is 0 Å². The average molecular weight is 390 g/mol. The smallest absolute Gasteiger partial charge is 0.274 e. The summed E-state index contributed by atoms with van der Waals surface area (Å²) in [6, 6.07) is 15.5. The molecule has 0 aliphatic heterocycles. The van der Waals surface area contributed by atoms with Gasteiger partial charge in [-0.3, -0.25) is 4.79 Å². The molecular formula is C23H26N4O2. The molecule has 0 aliphatic rings. The van der Waals surface area contributed by atoms with E-state index in [1.165, 1.54) is 0 Å². The van der Waals surface area contributed by atoms with Crippen molar-refractivity contribution in [3.05, 3.63) is 76.6 Å². The van der Waals surface area contributed by atoms with Gasteiger partial charge in [-0.2, -0.15) is 0 Å². The maximum absolute atomic E-state index is 12.8. The molecule has 0 saturated heterocycles. The van der Waals surface area contributed by atoms with Crippen LogP contribution in [-0.2, 0) is 13.0 Å². The van der Waals surface area contributed by atoms with Crippen LogP contribution in [-0.4, -0.2) is 23.0 Å². The number of carbonyl (C=O) groups excluding carboxylic acids is 1. The Labute approximate surface area is 171 Å². The number of aryl methyl sites for hydroxylation is 3. The fourth-order valence-corrected chi connectivity index (χ4v) is 3.07. The molecule has 6 heteroatoms. The number of para-hydroxylation sites is 1. The van der Waals surface area contributed by atoms with Crippen LogP contribution < -0.4 is 15.4 Å². The number of amides is 1. The number of aromatic nitrogens is 2. The molecule has 0 saturated carbocycles. The lowest BCUT2D eigenvalue weighted by atomic mass is 10.1. The fourth-order valence-electron chi connectivity index (χ4n) is 3.07. The summed E-state index contributed by atoms with van der Waals surface area (Å²) in [6.07, 6.45) is 0.842. The highest BCUT2D eigenvalue weighted by Crippen LogP contribution is 2.22. The number of anilines is 2. The van der Waals surface area contributed by atoms with Gasteiger partial charge in [-0.1, -0.05) is 37.3 Å². The van der Waals surface area contributed by atoms with Crippen molar-refractivity contribution in [1.82, 2.24) is 9.97 Å². The van der Waals surface area contributed by atoms with E-state index < -0.39 is 0 Å². The number of hydrogen-bond donors (Lipinski definition) is 2. The Hall–Kier alpha value is -3.41. The summed E-state index contributed by atoms with van der Waals surface area (Å²) in [6.45, 7) is 6.46. The van der Waals surface area contributed by atoms with E-state index in [-0.39, 0.29) is 5.91 Å². The third-order valence-electron chi connectivity index (χ3n) is 4.68. The lowest BCUT2D eigenvalue weighted by Gasteiger charge is -2.13. The van der Waals surface area contributed by atoms with Crippen LogP contribution >= 0.6 is 0 Å². The number of methoxy groups -OCH3 is 1. The molecule has 2 aromatic carbocycles. The Morgan fingerprint density at radius 3 is 2.52 bits per heavy atom. The van der Waals surface area contributed by atoms with Gasteiger partial charge >= 0.3 is 0 Å². The van der Waals surface area contributed by atoms with Gasteiger partial charge in [0.05, 0.1) is 7.11 Å². The second kappa shape index (κ2) is 9.19. The van der Waals surface area contributed by atoms with Crippen LogP contribution in [0.1, 0.15) is 39.8 Å². The third kappa shape index (κ3) is 5.10. The zero-order valence-corrected chi connectivity index (χ0v) is 17.2. The minimum atomic E-state index is -0.244. The van der Waals surface area contributed by atoms with E-state index >= 15 is 0 Å². The van der Waals surface area contributed by atoms with E-state index in [9.17, 15) is 4.79 Å². The number of rotatable bonds is 7. The maximum atomic E-state index is 12.8. The van der Waals surface area contributed by atoms with Crippen LogP contribution in [0.5, 0.6) is 5.75 Å². The average Bonchev–Trinajstić information content (AvgIpc) is 2.73. The number of benzene rings is 2. The number of nitrogens with one attached hydrogen (secondary N) is 2. The Morgan fingerprint density at radius 1 is 1.07 bits per heavy atom. The molecular weight excluding hydrogens is 364 g/mol. The molecule has 0 aliphatic carbocycles. The van der Waals surface area contributed by atoms with Crippen molar-refractivity contribution in [2.24, 2.45) is 0 Å². The second-order valence-corrected chi connectivity index (χ2v) is 6.84. The van der Waals surface area contributed by atoms with Gasteiger partial charge in [0.25, 0.3) is 5.91 Å². The molecule has 0 unspecified atom stereocenters. The molecule has 3 rings (SSSR count). The highest BCUT2D eigenvalue weighted by molar-refractivity contribution is 6.04. The summed E-state index contributed by atoms with van der Waals surface area (Å²) in [4.78, 5) is 21.6. The SMILES string of the molecule is CCc1cccc(C)c1NC(=O)c1cc(C)nc(NCc2ccc(OC)cc2)n1. The zero-order valence-electron chi connectivity index (χ0n) is 17.2. The molecule has 0 spiro atoms. The molecule has 1 aromatic heterocycles. The summed E-state index contributed by atoms with van der Waals surface area (Å²) in [5, 5.41) is 6.21. The quantitative estimate of drug-likeness (QED) is 0.620.